The van der Waals surface area contributed by atoms with E-state index in [0.717, 1.165) is 17.4 Å². The van der Waals surface area contributed by atoms with Crippen LogP contribution in [0.15, 0.2) is 0 Å². The minimum absolute atomic E-state index is 0.718. The summed E-state index contributed by atoms with van der Waals surface area (Å²) in [6, 6.07) is 0. The first kappa shape index (κ1) is 13.4. The molecule has 0 aromatic heterocycles. The SMILES string of the molecule is COCCCCCC(Br)CC(C)C. The fourth-order valence-corrected chi connectivity index (χ4v) is 2.49. The molecule has 0 fully saturated rings. The van der Waals surface area contributed by atoms with Gasteiger partial charge >= 0.3 is 0 Å². The van der Waals surface area contributed by atoms with Crippen molar-refractivity contribution in [3.8, 4) is 0 Å². The number of methoxy groups -OCH3 is 1. The Morgan fingerprint density at radius 3 is 2.38 bits per heavy atom. The molecule has 1 nitrogen and oxygen atoms in total. The predicted octanol–water partition coefficient (Wildman–Crippen LogP) is 4.00. The van der Waals surface area contributed by atoms with Crippen LogP contribution in [0.5, 0.6) is 0 Å². The summed E-state index contributed by atoms with van der Waals surface area (Å²) in [5.41, 5.74) is 0. The molecule has 0 aliphatic heterocycles. The number of hydrogen-bond acceptors (Lipinski definition) is 1. The summed E-state index contributed by atoms with van der Waals surface area (Å²) in [5, 5.41) is 0. The van der Waals surface area contributed by atoms with Crippen LogP contribution in [0.2, 0.25) is 0 Å². The molecule has 0 amide bonds. The van der Waals surface area contributed by atoms with Gasteiger partial charge in [0.1, 0.15) is 0 Å². The third-order valence-electron chi connectivity index (χ3n) is 2.09. The smallest absolute Gasteiger partial charge is 0.0462 e. The number of unbranched alkanes of at least 4 members (excludes halogenated alkanes) is 2. The lowest BCUT2D eigenvalue weighted by Gasteiger charge is -2.11. The fourth-order valence-electron chi connectivity index (χ4n) is 1.42. The molecule has 0 aliphatic carbocycles. The van der Waals surface area contributed by atoms with Gasteiger partial charge in [-0.15, -0.1) is 0 Å². The van der Waals surface area contributed by atoms with Gasteiger partial charge in [0.2, 0.25) is 0 Å². The van der Waals surface area contributed by atoms with Crippen LogP contribution in [0.3, 0.4) is 0 Å². The summed E-state index contributed by atoms with van der Waals surface area (Å²) >= 11 is 3.72. The molecular weight excluding hydrogens is 228 g/mol. The molecular formula is C11H23BrO. The first-order valence-corrected chi connectivity index (χ1v) is 6.21. The average molecular weight is 251 g/mol. The second kappa shape index (κ2) is 9.01. The van der Waals surface area contributed by atoms with E-state index in [9.17, 15) is 0 Å². The Morgan fingerprint density at radius 1 is 1.15 bits per heavy atom. The predicted molar refractivity (Wildman–Crippen MR) is 62.5 cm³/mol. The zero-order chi connectivity index (χ0) is 10.1. The Morgan fingerprint density at radius 2 is 1.85 bits per heavy atom. The highest BCUT2D eigenvalue weighted by atomic mass is 79.9. The van der Waals surface area contributed by atoms with Crippen LogP contribution in [0.25, 0.3) is 0 Å². The maximum atomic E-state index is 5.00. The van der Waals surface area contributed by atoms with Gasteiger partial charge in [-0.05, 0) is 25.2 Å². The molecule has 0 radical (unpaired) electrons. The summed E-state index contributed by atoms with van der Waals surface area (Å²) in [6.07, 6.45) is 6.43. The van der Waals surface area contributed by atoms with Crippen molar-refractivity contribution in [2.75, 3.05) is 13.7 Å². The Balaban J connectivity index is 3.12. The van der Waals surface area contributed by atoms with Gasteiger partial charge in [0.15, 0.2) is 0 Å². The number of halogens is 1. The van der Waals surface area contributed by atoms with Gasteiger partial charge in [-0.2, -0.15) is 0 Å². The van der Waals surface area contributed by atoms with Crippen LogP contribution < -0.4 is 0 Å². The molecule has 1 unspecified atom stereocenters. The second-order valence-electron chi connectivity index (χ2n) is 4.07. The molecule has 0 N–H and O–H groups in total. The Hall–Kier alpha value is 0.440. The van der Waals surface area contributed by atoms with Crippen molar-refractivity contribution in [3.05, 3.63) is 0 Å². The van der Waals surface area contributed by atoms with E-state index >= 15 is 0 Å². The van der Waals surface area contributed by atoms with Crippen molar-refractivity contribution in [2.45, 2.75) is 50.8 Å². The highest BCUT2D eigenvalue weighted by Crippen LogP contribution is 2.18. The topological polar surface area (TPSA) is 9.23 Å². The van der Waals surface area contributed by atoms with Crippen LogP contribution in [-0.2, 0) is 4.74 Å². The van der Waals surface area contributed by atoms with Gasteiger partial charge in [0, 0.05) is 18.5 Å². The van der Waals surface area contributed by atoms with Crippen LogP contribution in [0.4, 0.5) is 0 Å². The van der Waals surface area contributed by atoms with E-state index in [1.165, 1.54) is 32.1 Å². The van der Waals surface area contributed by atoms with Gasteiger partial charge in [0.05, 0.1) is 0 Å². The molecule has 0 saturated heterocycles. The molecule has 0 aromatic rings. The molecule has 0 saturated carbocycles. The monoisotopic (exact) mass is 250 g/mol. The van der Waals surface area contributed by atoms with E-state index in [4.69, 9.17) is 4.74 Å². The van der Waals surface area contributed by atoms with Crippen LogP contribution in [-0.4, -0.2) is 18.5 Å². The maximum absolute atomic E-state index is 5.00. The van der Waals surface area contributed by atoms with Crippen molar-refractivity contribution < 1.29 is 4.74 Å². The van der Waals surface area contributed by atoms with Crippen molar-refractivity contribution in [1.82, 2.24) is 0 Å². The van der Waals surface area contributed by atoms with Crippen molar-refractivity contribution in [1.29, 1.82) is 0 Å². The first-order valence-electron chi connectivity index (χ1n) is 5.29. The fraction of sp³-hybridized carbons (Fsp3) is 1.00. The second-order valence-corrected chi connectivity index (χ2v) is 5.36. The summed E-state index contributed by atoms with van der Waals surface area (Å²) in [7, 11) is 1.77. The van der Waals surface area contributed by atoms with Crippen LogP contribution in [0.1, 0.15) is 46.0 Å². The van der Waals surface area contributed by atoms with E-state index < -0.39 is 0 Å². The lowest BCUT2D eigenvalue weighted by Crippen LogP contribution is -2.02. The van der Waals surface area contributed by atoms with Gasteiger partial charge in [-0.3, -0.25) is 0 Å². The number of rotatable bonds is 8. The van der Waals surface area contributed by atoms with Gasteiger partial charge < -0.3 is 4.74 Å². The highest BCUT2D eigenvalue weighted by molar-refractivity contribution is 9.09. The summed E-state index contributed by atoms with van der Waals surface area (Å²) < 4.78 is 5.00. The minimum atomic E-state index is 0.718. The molecule has 0 spiro atoms. The zero-order valence-corrected chi connectivity index (χ0v) is 10.8. The standard InChI is InChI=1S/C11H23BrO/c1-10(2)9-11(12)7-5-4-6-8-13-3/h10-11H,4-9H2,1-3H3. The van der Waals surface area contributed by atoms with Gasteiger partial charge in [-0.25, -0.2) is 0 Å². The number of ether oxygens (including phenoxy) is 1. The van der Waals surface area contributed by atoms with Crippen LogP contribution >= 0.6 is 15.9 Å². The van der Waals surface area contributed by atoms with E-state index in [0.29, 0.717) is 0 Å². The van der Waals surface area contributed by atoms with E-state index in [-0.39, 0.29) is 0 Å². The first-order chi connectivity index (χ1) is 6.16. The quantitative estimate of drug-likeness (QED) is 0.468. The zero-order valence-electron chi connectivity index (χ0n) is 9.18. The Bertz CT molecular complexity index is 104. The molecule has 1 atom stereocenters. The Kier molecular flexibility index (Phi) is 9.32. The largest absolute Gasteiger partial charge is 0.385 e. The minimum Gasteiger partial charge on any atom is -0.385 e. The molecule has 0 heterocycles. The van der Waals surface area contributed by atoms with Gasteiger partial charge in [0.25, 0.3) is 0 Å². The number of hydrogen-bond donors (Lipinski definition) is 0. The van der Waals surface area contributed by atoms with Gasteiger partial charge in [-0.1, -0.05) is 42.6 Å². The molecule has 80 valence electrons. The van der Waals surface area contributed by atoms with E-state index in [1.807, 2.05) is 0 Å². The lowest BCUT2D eigenvalue weighted by molar-refractivity contribution is 0.192. The van der Waals surface area contributed by atoms with E-state index in [1.54, 1.807) is 7.11 Å². The molecule has 0 aromatic carbocycles. The number of alkyl halides is 1. The normalized spacial score (nSPS) is 13.6. The summed E-state index contributed by atoms with van der Waals surface area (Å²) in [6.45, 7) is 5.47. The molecule has 0 bridgehead atoms. The highest BCUT2D eigenvalue weighted by Gasteiger charge is 2.05. The summed E-state index contributed by atoms with van der Waals surface area (Å²) in [4.78, 5) is 0.718. The third kappa shape index (κ3) is 10.4. The van der Waals surface area contributed by atoms with Crippen molar-refractivity contribution >= 4 is 15.9 Å². The van der Waals surface area contributed by atoms with Crippen molar-refractivity contribution in [3.63, 3.8) is 0 Å². The maximum Gasteiger partial charge on any atom is 0.0462 e. The Labute approximate surface area is 91.4 Å². The lowest BCUT2D eigenvalue weighted by atomic mass is 10.0. The van der Waals surface area contributed by atoms with Crippen LogP contribution in [0, 0.1) is 5.92 Å². The molecule has 0 aliphatic rings. The molecule has 0 rings (SSSR count). The van der Waals surface area contributed by atoms with E-state index in [2.05, 4.69) is 29.8 Å². The third-order valence-corrected chi connectivity index (χ3v) is 2.92. The average Bonchev–Trinajstić information content (AvgIpc) is 2.02. The van der Waals surface area contributed by atoms with Crippen molar-refractivity contribution in [2.24, 2.45) is 5.92 Å². The molecule has 2 heteroatoms. The molecule has 13 heavy (non-hydrogen) atoms. The summed E-state index contributed by atoms with van der Waals surface area (Å²) in [5.74, 6) is 0.809.